The van der Waals surface area contributed by atoms with Gasteiger partial charge in [0.05, 0.1) is 32.8 Å². The van der Waals surface area contributed by atoms with Crippen LogP contribution in [0.25, 0.3) is 0 Å². The average Bonchev–Trinajstić information content (AvgIpc) is 3.02. The zero-order valence-corrected chi connectivity index (χ0v) is 15.4. The van der Waals surface area contributed by atoms with Gasteiger partial charge < -0.3 is 4.74 Å². The van der Waals surface area contributed by atoms with Gasteiger partial charge in [-0.15, -0.1) is 0 Å². The summed E-state index contributed by atoms with van der Waals surface area (Å²) in [5.74, 6) is 1.16. The standard InChI is InChI=1S/C17H28N5O3/c1-4-5-6-7-8-22-13-14(19(2)17(24)20(3)15(13)23)18-16(22)21-9-11-25-12-10-21/h13H,4-12H2,1-3H3/q+1. The van der Waals surface area contributed by atoms with Crippen molar-refractivity contribution in [2.45, 2.75) is 38.6 Å². The smallest absolute Gasteiger partial charge is 0.375 e. The maximum Gasteiger partial charge on any atom is 0.392 e. The van der Waals surface area contributed by atoms with Gasteiger partial charge in [-0.2, -0.15) is 0 Å². The molecule has 0 aliphatic carbocycles. The molecule has 3 aliphatic rings. The number of nitrogens with zero attached hydrogens (tertiary/aromatic N) is 5. The molecule has 0 aromatic rings. The number of guanidine groups is 1. The van der Waals surface area contributed by atoms with E-state index in [4.69, 9.17) is 9.73 Å². The molecule has 0 saturated carbocycles. The lowest BCUT2D eigenvalue weighted by Crippen LogP contribution is -2.63. The van der Waals surface area contributed by atoms with E-state index in [2.05, 4.69) is 16.4 Å². The highest BCUT2D eigenvalue weighted by molar-refractivity contribution is 6.25. The van der Waals surface area contributed by atoms with Crippen LogP contribution in [0.15, 0.2) is 4.99 Å². The first-order valence-corrected chi connectivity index (χ1v) is 9.16. The second-order valence-electron chi connectivity index (χ2n) is 6.76. The quantitative estimate of drug-likeness (QED) is 0.537. The number of hydrogen-bond acceptors (Lipinski definition) is 3. The van der Waals surface area contributed by atoms with E-state index in [1.807, 2.05) is 0 Å². The zero-order chi connectivity index (χ0) is 18.0. The molecular formula is C17H28N5O3+. The van der Waals surface area contributed by atoms with Crippen LogP contribution in [0.4, 0.5) is 4.79 Å². The predicted molar refractivity (Wildman–Crippen MR) is 93.8 cm³/mol. The first-order valence-electron chi connectivity index (χ1n) is 9.16. The second-order valence-corrected chi connectivity index (χ2v) is 6.76. The summed E-state index contributed by atoms with van der Waals surface area (Å²) in [5.41, 5.74) is 0. The number of amidine groups is 1. The lowest BCUT2D eigenvalue weighted by atomic mass is 10.1. The molecule has 0 bridgehead atoms. The third-order valence-electron chi connectivity index (χ3n) is 5.06. The first kappa shape index (κ1) is 17.8. The van der Waals surface area contributed by atoms with E-state index in [0.29, 0.717) is 19.0 Å². The molecule has 0 spiro atoms. The fourth-order valence-electron chi connectivity index (χ4n) is 3.54. The van der Waals surface area contributed by atoms with E-state index in [1.165, 1.54) is 22.6 Å². The van der Waals surface area contributed by atoms with E-state index in [0.717, 1.165) is 38.4 Å². The number of likely N-dealkylation sites (N-methyl/N-ethyl adjacent to an activating group) is 2. The number of morpholine rings is 1. The summed E-state index contributed by atoms with van der Waals surface area (Å²) in [6.07, 6.45) is 4.50. The van der Waals surface area contributed by atoms with Crippen molar-refractivity contribution in [1.29, 1.82) is 0 Å². The van der Waals surface area contributed by atoms with Crippen molar-refractivity contribution < 1.29 is 18.9 Å². The van der Waals surface area contributed by atoms with Crippen molar-refractivity contribution in [1.82, 2.24) is 14.7 Å². The number of carbonyl (C=O) groups excluding carboxylic acids is 2. The van der Waals surface area contributed by atoms with E-state index in [-0.39, 0.29) is 11.9 Å². The SMILES string of the molecule is CCCCCCN1C(=[N+]2CCOCC2)N=C2C1C(=O)N(C)C(=O)N2C. The van der Waals surface area contributed by atoms with Crippen LogP contribution in [0.5, 0.6) is 0 Å². The largest absolute Gasteiger partial charge is 0.392 e. The van der Waals surface area contributed by atoms with E-state index < -0.39 is 6.04 Å². The minimum atomic E-state index is -0.493. The maximum atomic E-state index is 12.8. The van der Waals surface area contributed by atoms with Gasteiger partial charge in [-0.3, -0.25) is 19.2 Å². The molecular weight excluding hydrogens is 322 g/mol. The van der Waals surface area contributed by atoms with Crippen LogP contribution in [-0.2, 0) is 9.53 Å². The molecule has 2 fully saturated rings. The van der Waals surface area contributed by atoms with Crippen LogP contribution >= 0.6 is 0 Å². The van der Waals surface area contributed by atoms with Crippen molar-refractivity contribution in [3.05, 3.63) is 0 Å². The highest BCUT2D eigenvalue weighted by Gasteiger charge is 2.54. The molecule has 0 radical (unpaired) electrons. The number of imide groups is 1. The molecule has 138 valence electrons. The second kappa shape index (κ2) is 7.51. The molecule has 1 unspecified atom stereocenters. The minimum Gasteiger partial charge on any atom is -0.375 e. The van der Waals surface area contributed by atoms with Gasteiger partial charge in [0, 0.05) is 14.1 Å². The molecule has 0 N–H and O–H groups in total. The monoisotopic (exact) mass is 350 g/mol. The van der Waals surface area contributed by atoms with Crippen LogP contribution in [-0.4, -0.2) is 96.0 Å². The van der Waals surface area contributed by atoms with Crippen LogP contribution in [0.1, 0.15) is 32.6 Å². The number of urea groups is 1. The molecule has 3 heterocycles. The number of hydrogen-bond donors (Lipinski definition) is 0. The summed E-state index contributed by atoms with van der Waals surface area (Å²) in [6.45, 7) is 5.78. The van der Waals surface area contributed by atoms with Crippen LogP contribution in [0.2, 0.25) is 0 Å². The predicted octanol–water partition coefficient (Wildman–Crippen LogP) is 0.572. The Morgan fingerprint density at radius 2 is 1.84 bits per heavy atom. The Labute approximate surface area is 148 Å². The Kier molecular flexibility index (Phi) is 5.36. The van der Waals surface area contributed by atoms with Crippen LogP contribution < -0.4 is 0 Å². The molecule has 0 aromatic heterocycles. The molecule has 2 saturated heterocycles. The number of unbranched alkanes of at least 4 members (excludes halogenated alkanes) is 3. The molecule has 1 atom stereocenters. The van der Waals surface area contributed by atoms with E-state index >= 15 is 0 Å². The Hall–Kier alpha value is -1.96. The summed E-state index contributed by atoms with van der Waals surface area (Å²) >= 11 is 0. The zero-order valence-electron chi connectivity index (χ0n) is 15.4. The lowest BCUT2D eigenvalue weighted by molar-refractivity contribution is -0.554. The lowest BCUT2D eigenvalue weighted by Gasteiger charge is -2.33. The molecule has 3 amide bonds. The molecule has 3 rings (SSSR count). The van der Waals surface area contributed by atoms with Gasteiger partial charge in [-0.1, -0.05) is 31.2 Å². The molecule has 0 aromatic carbocycles. The Morgan fingerprint density at radius 1 is 1.12 bits per heavy atom. The summed E-state index contributed by atoms with van der Waals surface area (Å²) in [5, 5.41) is 0. The molecule has 8 nitrogen and oxygen atoms in total. The summed E-state index contributed by atoms with van der Waals surface area (Å²) in [7, 11) is 3.23. The number of carbonyl (C=O) groups is 2. The Bertz CT molecular complexity index is 607. The van der Waals surface area contributed by atoms with E-state index in [9.17, 15) is 9.59 Å². The maximum absolute atomic E-state index is 12.8. The fraction of sp³-hybridized carbons (Fsp3) is 0.765. The van der Waals surface area contributed by atoms with Crippen molar-refractivity contribution >= 4 is 23.7 Å². The van der Waals surface area contributed by atoms with Crippen molar-refractivity contribution in [2.24, 2.45) is 4.99 Å². The van der Waals surface area contributed by atoms with Crippen molar-refractivity contribution in [3.63, 3.8) is 0 Å². The van der Waals surface area contributed by atoms with Crippen LogP contribution in [0.3, 0.4) is 0 Å². The molecule has 3 aliphatic heterocycles. The number of aliphatic imine (C=N–C) groups is 1. The van der Waals surface area contributed by atoms with E-state index in [1.54, 1.807) is 14.1 Å². The first-order chi connectivity index (χ1) is 12.1. The third-order valence-corrected chi connectivity index (χ3v) is 5.06. The minimum absolute atomic E-state index is 0.194. The van der Waals surface area contributed by atoms with Crippen molar-refractivity contribution in [2.75, 3.05) is 46.9 Å². The Morgan fingerprint density at radius 3 is 2.52 bits per heavy atom. The molecule has 25 heavy (non-hydrogen) atoms. The highest BCUT2D eigenvalue weighted by Crippen LogP contribution is 2.23. The molecule has 8 heteroatoms. The number of fused-ring (bicyclic) bond motifs is 1. The highest BCUT2D eigenvalue weighted by atomic mass is 16.5. The fourth-order valence-corrected chi connectivity index (χ4v) is 3.54. The number of ether oxygens (including phenoxy) is 1. The van der Waals surface area contributed by atoms with Gasteiger partial charge in [0.1, 0.15) is 0 Å². The Balaban J connectivity index is 1.91. The third kappa shape index (κ3) is 3.27. The van der Waals surface area contributed by atoms with Gasteiger partial charge in [-0.25, -0.2) is 9.69 Å². The van der Waals surface area contributed by atoms with Crippen LogP contribution in [0, 0.1) is 0 Å². The normalized spacial score (nSPS) is 24.2. The average molecular weight is 350 g/mol. The van der Waals surface area contributed by atoms with Crippen molar-refractivity contribution in [3.8, 4) is 0 Å². The van der Waals surface area contributed by atoms with Gasteiger partial charge in [0.2, 0.25) is 11.9 Å². The summed E-state index contributed by atoms with van der Waals surface area (Å²) < 4.78 is 7.61. The summed E-state index contributed by atoms with van der Waals surface area (Å²) in [4.78, 5) is 34.5. The topological polar surface area (TPSA) is 68.5 Å². The van der Waals surface area contributed by atoms with Gasteiger partial charge in [0.25, 0.3) is 5.91 Å². The van der Waals surface area contributed by atoms with Gasteiger partial charge in [0.15, 0.2) is 0 Å². The number of amides is 3. The van der Waals surface area contributed by atoms with Gasteiger partial charge in [-0.05, 0) is 6.42 Å². The van der Waals surface area contributed by atoms with Gasteiger partial charge >= 0.3 is 12.0 Å². The summed E-state index contributed by atoms with van der Waals surface area (Å²) in [6, 6.07) is -0.818. The number of rotatable bonds is 5.